The van der Waals surface area contributed by atoms with Crippen LogP contribution in [-0.4, -0.2) is 28.5 Å². The lowest BCUT2D eigenvalue weighted by Crippen LogP contribution is -2.43. The van der Waals surface area contributed by atoms with Crippen molar-refractivity contribution in [2.45, 2.75) is 45.2 Å². The summed E-state index contributed by atoms with van der Waals surface area (Å²) in [6.45, 7) is 6.53. The summed E-state index contributed by atoms with van der Waals surface area (Å²) in [5.74, 6) is 0. The number of nitrogens with two attached hydrogens (primary N) is 1. The van der Waals surface area contributed by atoms with E-state index in [0.29, 0.717) is 6.61 Å². The molecule has 2 heterocycles. The lowest BCUT2D eigenvalue weighted by molar-refractivity contribution is 0.177. The van der Waals surface area contributed by atoms with Crippen molar-refractivity contribution in [3.8, 4) is 0 Å². The Morgan fingerprint density at radius 2 is 2.29 bits per heavy atom. The first kappa shape index (κ1) is 13.1. The van der Waals surface area contributed by atoms with Crippen LogP contribution in [0.3, 0.4) is 0 Å². The van der Waals surface area contributed by atoms with Crippen LogP contribution in [0, 0.1) is 0 Å². The van der Waals surface area contributed by atoms with Crippen LogP contribution in [0.25, 0.3) is 0 Å². The third-order valence-corrected chi connectivity index (χ3v) is 4.26. The maximum atomic E-state index is 6.35. The van der Waals surface area contributed by atoms with E-state index in [9.17, 15) is 0 Å². The molecule has 0 radical (unpaired) electrons. The molecule has 1 aliphatic rings. The second kappa shape index (κ2) is 5.08. The van der Waals surface area contributed by atoms with Gasteiger partial charge in [0.1, 0.15) is 0 Å². The van der Waals surface area contributed by atoms with Crippen molar-refractivity contribution in [3.63, 3.8) is 0 Å². The van der Waals surface area contributed by atoms with Crippen molar-refractivity contribution >= 4 is 15.9 Å². The van der Waals surface area contributed by atoms with Crippen molar-refractivity contribution in [2.75, 3.05) is 13.2 Å². The Kier molecular flexibility index (Phi) is 3.90. The van der Waals surface area contributed by atoms with Gasteiger partial charge in [-0.3, -0.25) is 4.68 Å². The molecule has 0 aromatic carbocycles. The fourth-order valence-corrected chi connectivity index (χ4v) is 2.99. The molecule has 4 nitrogen and oxygen atoms in total. The van der Waals surface area contributed by atoms with Crippen LogP contribution in [0.4, 0.5) is 0 Å². The number of aromatic nitrogens is 2. The van der Waals surface area contributed by atoms with Gasteiger partial charge in [-0.2, -0.15) is 5.10 Å². The van der Waals surface area contributed by atoms with Crippen LogP contribution in [-0.2, 0) is 24.1 Å². The second-order valence-corrected chi connectivity index (χ2v) is 5.51. The molecular weight excluding hydrogens is 282 g/mol. The van der Waals surface area contributed by atoms with Crippen LogP contribution in [0.1, 0.15) is 31.7 Å². The molecule has 2 N–H and O–H groups in total. The smallest absolute Gasteiger partial charge is 0.0766 e. The summed E-state index contributed by atoms with van der Waals surface area (Å²) in [5, 5.41) is 4.59. The molecule has 96 valence electrons. The summed E-state index contributed by atoms with van der Waals surface area (Å²) in [6, 6.07) is 0. The van der Waals surface area contributed by atoms with E-state index >= 15 is 0 Å². The maximum Gasteiger partial charge on any atom is 0.0766 e. The first-order chi connectivity index (χ1) is 8.09. The summed E-state index contributed by atoms with van der Waals surface area (Å²) < 4.78 is 8.58. The van der Waals surface area contributed by atoms with Gasteiger partial charge >= 0.3 is 0 Å². The predicted octanol–water partition coefficient (Wildman–Crippen LogP) is 1.89. The third-order valence-electron chi connectivity index (χ3n) is 3.35. The highest BCUT2D eigenvalue weighted by atomic mass is 79.9. The average molecular weight is 302 g/mol. The lowest BCUT2D eigenvalue weighted by atomic mass is 9.94. The summed E-state index contributed by atoms with van der Waals surface area (Å²) >= 11 is 3.65. The molecule has 1 unspecified atom stereocenters. The molecule has 5 heteroatoms. The van der Waals surface area contributed by atoms with Crippen molar-refractivity contribution in [1.82, 2.24) is 9.78 Å². The molecule has 0 saturated carbocycles. The number of aryl methyl sites for hydroxylation is 2. The quantitative estimate of drug-likeness (QED) is 0.924. The van der Waals surface area contributed by atoms with E-state index in [1.165, 1.54) is 5.69 Å². The maximum absolute atomic E-state index is 6.35. The monoisotopic (exact) mass is 301 g/mol. The molecule has 0 spiro atoms. The lowest BCUT2D eigenvalue weighted by Gasteiger charge is -2.22. The zero-order valence-electron chi connectivity index (χ0n) is 10.5. The van der Waals surface area contributed by atoms with E-state index in [0.717, 1.165) is 42.6 Å². The molecule has 1 aromatic rings. The molecule has 1 aliphatic heterocycles. The Hall–Kier alpha value is -0.390. The minimum absolute atomic E-state index is 0.222. The number of nitrogens with zero attached hydrogens (tertiary/aromatic N) is 2. The normalized spacial score (nSPS) is 24.5. The molecule has 17 heavy (non-hydrogen) atoms. The van der Waals surface area contributed by atoms with Crippen molar-refractivity contribution in [1.29, 1.82) is 0 Å². The fraction of sp³-hybridized carbons (Fsp3) is 0.750. The van der Waals surface area contributed by atoms with Gasteiger partial charge in [0.25, 0.3) is 0 Å². The van der Waals surface area contributed by atoms with E-state index < -0.39 is 0 Å². The van der Waals surface area contributed by atoms with Gasteiger partial charge in [0.15, 0.2) is 0 Å². The second-order valence-electron chi connectivity index (χ2n) is 4.72. The van der Waals surface area contributed by atoms with Gasteiger partial charge in [0.2, 0.25) is 0 Å². The third kappa shape index (κ3) is 2.56. The average Bonchev–Trinajstić information content (AvgIpc) is 2.86. The molecule has 1 atom stereocenters. The van der Waals surface area contributed by atoms with E-state index in [2.05, 4.69) is 39.6 Å². The largest absolute Gasteiger partial charge is 0.379 e. The summed E-state index contributed by atoms with van der Waals surface area (Å²) in [5.41, 5.74) is 8.45. The van der Waals surface area contributed by atoms with Crippen LogP contribution in [0.15, 0.2) is 4.47 Å². The van der Waals surface area contributed by atoms with Crippen LogP contribution >= 0.6 is 15.9 Å². The van der Waals surface area contributed by atoms with Gasteiger partial charge in [-0.25, -0.2) is 0 Å². The molecule has 2 rings (SSSR count). The Labute approximate surface area is 111 Å². The molecule has 1 aromatic heterocycles. The molecular formula is C12H20BrN3O. The van der Waals surface area contributed by atoms with E-state index in [1.807, 2.05) is 0 Å². The van der Waals surface area contributed by atoms with Crippen LogP contribution < -0.4 is 5.73 Å². The summed E-state index contributed by atoms with van der Waals surface area (Å²) in [6.07, 6.45) is 2.69. The highest BCUT2D eigenvalue weighted by Crippen LogP contribution is 2.28. The topological polar surface area (TPSA) is 53.1 Å². The minimum Gasteiger partial charge on any atom is -0.379 e. The Bertz CT molecular complexity index is 397. The predicted molar refractivity (Wildman–Crippen MR) is 71.0 cm³/mol. The zero-order valence-corrected chi connectivity index (χ0v) is 12.1. The first-order valence-electron chi connectivity index (χ1n) is 6.20. The fourth-order valence-electron chi connectivity index (χ4n) is 2.28. The number of ether oxygens (including phenoxy) is 1. The van der Waals surface area contributed by atoms with Gasteiger partial charge < -0.3 is 10.5 Å². The van der Waals surface area contributed by atoms with E-state index in [1.54, 1.807) is 0 Å². The standard InChI is InChI=1S/C12H20BrN3O/c1-3-9-11(13)10(16(4-2)15-9)7-12(14)5-6-17-8-12/h3-8,14H2,1-2H3. The Balaban J connectivity index is 2.27. The SMILES string of the molecule is CCc1nn(CC)c(CC2(N)CCOC2)c1Br. The molecule has 0 aliphatic carbocycles. The number of hydrogen-bond donors (Lipinski definition) is 1. The highest BCUT2D eigenvalue weighted by Gasteiger charge is 2.33. The summed E-state index contributed by atoms with van der Waals surface area (Å²) in [4.78, 5) is 0. The molecule has 0 bridgehead atoms. The Morgan fingerprint density at radius 1 is 1.53 bits per heavy atom. The molecule has 1 saturated heterocycles. The van der Waals surface area contributed by atoms with Crippen LogP contribution in [0.5, 0.6) is 0 Å². The number of halogens is 1. The first-order valence-corrected chi connectivity index (χ1v) is 6.99. The number of hydrogen-bond acceptors (Lipinski definition) is 3. The van der Waals surface area contributed by atoms with Gasteiger partial charge in [-0.1, -0.05) is 6.92 Å². The zero-order chi connectivity index (χ0) is 12.5. The highest BCUT2D eigenvalue weighted by molar-refractivity contribution is 9.10. The van der Waals surface area contributed by atoms with Crippen LogP contribution in [0.2, 0.25) is 0 Å². The van der Waals surface area contributed by atoms with E-state index in [-0.39, 0.29) is 5.54 Å². The molecule has 0 amide bonds. The minimum atomic E-state index is -0.222. The van der Waals surface area contributed by atoms with Crippen molar-refractivity contribution in [2.24, 2.45) is 5.73 Å². The number of rotatable bonds is 4. The summed E-state index contributed by atoms with van der Waals surface area (Å²) in [7, 11) is 0. The van der Waals surface area contributed by atoms with Gasteiger partial charge in [0, 0.05) is 25.1 Å². The van der Waals surface area contributed by atoms with Crippen molar-refractivity contribution in [3.05, 3.63) is 15.9 Å². The van der Waals surface area contributed by atoms with Gasteiger partial charge in [-0.15, -0.1) is 0 Å². The van der Waals surface area contributed by atoms with E-state index in [4.69, 9.17) is 10.5 Å². The van der Waals surface area contributed by atoms with Gasteiger partial charge in [-0.05, 0) is 35.7 Å². The molecule has 1 fully saturated rings. The van der Waals surface area contributed by atoms with Gasteiger partial charge in [0.05, 0.1) is 22.5 Å². The van der Waals surface area contributed by atoms with Crippen molar-refractivity contribution < 1.29 is 4.74 Å². The Morgan fingerprint density at radius 3 is 2.82 bits per heavy atom.